The third-order valence-corrected chi connectivity index (χ3v) is 1.90. The molecule has 0 radical (unpaired) electrons. The Kier molecular flexibility index (Phi) is 4.11. The van der Waals surface area contributed by atoms with Crippen molar-refractivity contribution in [2.45, 2.75) is 13.0 Å². The summed E-state index contributed by atoms with van der Waals surface area (Å²) in [5.41, 5.74) is 5.50. The lowest BCUT2D eigenvalue weighted by atomic mass is 10.4. The number of hydrogen-bond donors (Lipinski definition) is 2. The van der Waals surface area contributed by atoms with E-state index < -0.39 is 0 Å². The number of hydrogen-bond acceptors (Lipinski definition) is 6. The van der Waals surface area contributed by atoms with Crippen LogP contribution in [0.4, 0.5) is 11.8 Å². The molecule has 0 saturated carbocycles. The number of nitrogen functional groups attached to an aromatic ring is 1. The van der Waals surface area contributed by atoms with E-state index >= 15 is 0 Å². The van der Waals surface area contributed by atoms with Gasteiger partial charge in [0.15, 0.2) is 0 Å². The molecule has 0 spiro atoms. The van der Waals surface area contributed by atoms with Crippen LogP contribution < -0.4 is 15.8 Å². The Hall–Kier alpha value is -1.56. The standard InChI is InChI=1S/C9H16N4O2/c1-6(14-2)5-11-7-4-8(15-3)13-9(10)12-7/h4,6H,5H2,1-3H3,(H3,10,11,12,13). The van der Waals surface area contributed by atoms with Crippen LogP contribution in [0.15, 0.2) is 6.07 Å². The number of nitrogens with one attached hydrogen (secondary N) is 1. The average molecular weight is 212 g/mol. The molecule has 0 aliphatic rings. The molecule has 15 heavy (non-hydrogen) atoms. The van der Waals surface area contributed by atoms with Gasteiger partial charge in [0, 0.05) is 19.7 Å². The first-order valence-corrected chi connectivity index (χ1v) is 4.61. The fourth-order valence-electron chi connectivity index (χ4n) is 0.970. The molecule has 1 atom stereocenters. The molecule has 0 aliphatic heterocycles. The van der Waals surface area contributed by atoms with Gasteiger partial charge >= 0.3 is 0 Å². The highest BCUT2D eigenvalue weighted by molar-refractivity contribution is 5.42. The number of anilines is 2. The molecule has 84 valence electrons. The van der Waals surface area contributed by atoms with Crippen LogP contribution in [0.3, 0.4) is 0 Å². The summed E-state index contributed by atoms with van der Waals surface area (Å²) < 4.78 is 10.1. The highest BCUT2D eigenvalue weighted by Gasteiger charge is 2.04. The fourth-order valence-corrected chi connectivity index (χ4v) is 0.970. The van der Waals surface area contributed by atoms with Crippen molar-refractivity contribution in [3.63, 3.8) is 0 Å². The van der Waals surface area contributed by atoms with Gasteiger partial charge in [-0.3, -0.25) is 0 Å². The summed E-state index contributed by atoms with van der Waals surface area (Å²) in [6.07, 6.45) is 0.104. The third-order valence-electron chi connectivity index (χ3n) is 1.90. The lowest BCUT2D eigenvalue weighted by Gasteiger charge is -2.11. The molecule has 0 aliphatic carbocycles. The molecule has 3 N–H and O–H groups in total. The zero-order chi connectivity index (χ0) is 11.3. The monoisotopic (exact) mass is 212 g/mol. The summed E-state index contributed by atoms with van der Waals surface area (Å²) in [5, 5.41) is 3.07. The molecule has 1 unspecified atom stereocenters. The smallest absolute Gasteiger partial charge is 0.225 e. The molecule has 0 aromatic carbocycles. The van der Waals surface area contributed by atoms with Crippen molar-refractivity contribution in [3.05, 3.63) is 6.07 Å². The zero-order valence-electron chi connectivity index (χ0n) is 9.15. The van der Waals surface area contributed by atoms with Gasteiger partial charge in [0.2, 0.25) is 11.8 Å². The normalized spacial score (nSPS) is 12.2. The van der Waals surface area contributed by atoms with Crippen LogP contribution in [0.2, 0.25) is 0 Å². The van der Waals surface area contributed by atoms with Gasteiger partial charge in [0.05, 0.1) is 13.2 Å². The highest BCUT2D eigenvalue weighted by Crippen LogP contribution is 2.13. The summed E-state index contributed by atoms with van der Waals surface area (Å²) in [7, 11) is 3.19. The Bertz CT molecular complexity index is 319. The maximum atomic E-state index is 5.50. The molecule has 6 nitrogen and oxygen atoms in total. The van der Waals surface area contributed by atoms with E-state index in [0.29, 0.717) is 18.2 Å². The number of nitrogens with two attached hydrogens (primary N) is 1. The van der Waals surface area contributed by atoms with E-state index in [-0.39, 0.29) is 12.1 Å². The molecule has 1 aromatic heterocycles. The van der Waals surface area contributed by atoms with Crippen molar-refractivity contribution in [2.24, 2.45) is 0 Å². The minimum absolute atomic E-state index is 0.104. The average Bonchev–Trinajstić information content (AvgIpc) is 2.25. The lowest BCUT2D eigenvalue weighted by Crippen LogP contribution is -2.19. The van der Waals surface area contributed by atoms with E-state index in [4.69, 9.17) is 15.2 Å². The van der Waals surface area contributed by atoms with Crippen molar-refractivity contribution < 1.29 is 9.47 Å². The number of methoxy groups -OCH3 is 2. The van der Waals surface area contributed by atoms with Crippen LogP contribution in [-0.4, -0.2) is 36.8 Å². The Morgan fingerprint density at radius 3 is 2.80 bits per heavy atom. The first-order chi connectivity index (χ1) is 7.15. The van der Waals surface area contributed by atoms with Crippen LogP contribution in [0.1, 0.15) is 6.92 Å². The van der Waals surface area contributed by atoms with Crippen LogP contribution in [0.5, 0.6) is 5.88 Å². The second kappa shape index (κ2) is 5.35. The van der Waals surface area contributed by atoms with Gasteiger partial charge < -0.3 is 20.5 Å². The second-order valence-corrected chi connectivity index (χ2v) is 3.08. The molecule has 0 fully saturated rings. The highest BCUT2D eigenvalue weighted by atomic mass is 16.5. The summed E-state index contributed by atoms with van der Waals surface area (Å²) in [5.74, 6) is 1.25. The van der Waals surface area contributed by atoms with Crippen LogP contribution in [-0.2, 0) is 4.74 Å². The first-order valence-electron chi connectivity index (χ1n) is 4.61. The lowest BCUT2D eigenvalue weighted by molar-refractivity contribution is 0.128. The third kappa shape index (κ3) is 3.59. The number of nitrogens with zero attached hydrogens (tertiary/aromatic N) is 2. The van der Waals surface area contributed by atoms with Crippen LogP contribution >= 0.6 is 0 Å². The Labute approximate surface area is 88.8 Å². The molecule has 0 amide bonds. The van der Waals surface area contributed by atoms with Crippen molar-refractivity contribution in [2.75, 3.05) is 31.8 Å². The van der Waals surface area contributed by atoms with Gasteiger partial charge in [-0.05, 0) is 6.92 Å². The summed E-state index contributed by atoms with van der Waals surface area (Å²) in [4.78, 5) is 7.88. The van der Waals surface area contributed by atoms with Gasteiger partial charge in [0.25, 0.3) is 0 Å². The van der Waals surface area contributed by atoms with E-state index in [1.807, 2.05) is 6.92 Å². The Morgan fingerprint density at radius 2 is 2.20 bits per heavy atom. The van der Waals surface area contributed by atoms with Crippen molar-refractivity contribution in [3.8, 4) is 5.88 Å². The minimum Gasteiger partial charge on any atom is -0.481 e. The molecular formula is C9H16N4O2. The van der Waals surface area contributed by atoms with Gasteiger partial charge in [-0.1, -0.05) is 0 Å². The van der Waals surface area contributed by atoms with Gasteiger partial charge in [-0.25, -0.2) is 0 Å². The fraction of sp³-hybridized carbons (Fsp3) is 0.556. The van der Waals surface area contributed by atoms with Gasteiger partial charge in [-0.15, -0.1) is 0 Å². The van der Waals surface area contributed by atoms with Crippen LogP contribution in [0, 0.1) is 0 Å². The summed E-state index contributed by atoms with van der Waals surface area (Å²) >= 11 is 0. The van der Waals surface area contributed by atoms with Crippen molar-refractivity contribution in [1.82, 2.24) is 9.97 Å². The summed E-state index contributed by atoms with van der Waals surface area (Å²) in [6, 6.07) is 1.68. The topological polar surface area (TPSA) is 82.3 Å². The molecule has 1 aromatic rings. The predicted octanol–water partition coefficient (Wildman–Crippen LogP) is 0.514. The van der Waals surface area contributed by atoms with Crippen LogP contribution in [0.25, 0.3) is 0 Å². The van der Waals surface area contributed by atoms with E-state index in [2.05, 4.69) is 15.3 Å². The summed E-state index contributed by atoms with van der Waals surface area (Å²) in [6.45, 7) is 2.60. The molecule has 0 saturated heterocycles. The minimum atomic E-state index is 0.104. The number of aromatic nitrogens is 2. The number of rotatable bonds is 5. The molecule has 0 bridgehead atoms. The maximum absolute atomic E-state index is 5.50. The van der Waals surface area contributed by atoms with Crippen molar-refractivity contribution >= 4 is 11.8 Å². The maximum Gasteiger partial charge on any atom is 0.225 e. The van der Waals surface area contributed by atoms with Gasteiger partial charge in [-0.2, -0.15) is 9.97 Å². The first kappa shape index (κ1) is 11.5. The molecular weight excluding hydrogens is 196 g/mol. The SMILES string of the molecule is COc1cc(NCC(C)OC)nc(N)n1. The van der Waals surface area contributed by atoms with E-state index in [1.54, 1.807) is 13.2 Å². The number of ether oxygens (including phenoxy) is 2. The predicted molar refractivity (Wildman–Crippen MR) is 58.0 cm³/mol. The zero-order valence-corrected chi connectivity index (χ0v) is 9.15. The van der Waals surface area contributed by atoms with E-state index in [9.17, 15) is 0 Å². The van der Waals surface area contributed by atoms with E-state index in [0.717, 1.165) is 0 Å². The molecule has 6 heteroatoms. The molecule has 1 heterocycles. The quantitative estimate of drug-likeness (QED) is 0.740. The van der Waals surface area contributed by atoms with Crippen molar-refractivity contribution in [1.29, 1.82) is 0 Å². The second-order valence-electron chi connectivity index (χ2n) is 3.08. The Morgan fingerprint density at radius 1 is 1.47 bits per heavy atom. The largest absolute Gasteiger partial charge is 0.481 e. The van der Waals surface area contributed by atoms with E-state index in [1.165, 1.54) is 7.11 Å². The molecule has 1 rings (SSSR count). The van der Waals surface area contributed by atoms with Gasteiger partial charge in [0.1, 0.15) is 5.82 Å². The Balaban J connectivity index is 2.64.